The van der Waals surface area contributed by atoms with Crippen molar-refractivity contribution in [1.29, 1.82) is 0 Å². The molecule has 0 saturated carbocycles. The first-order valence-electron chi connectivity index (χ1n) is 5.83. The van der Waals surface area contributed by atoms with Gasteiger partial charge in [-0.1, -0.05) is 13.8 Å². The number of likely N-dealkylation sites (tertiary alicyclic amines) is 1. The average molecular weight is 228 g/mol. The summed E-state index contributed by atoms with van der Waals surface area (Å²) in [6.07, 6.45) is 3.24. The van der Waals surface area contributed by atoms with Crippen molar-refractivity contribution in [3.8, 4) is 0 Å². The fourth-order valence-corrected chi connectivity index (χ4v) is 2.42. The summed E-state index contributed by atoms with van der Waals surface area (Å²) in [7, 11) is 0. The summed E-state index contributed by atoms with van der Waals surface area (Å²) in [4.78, 5) is 2.27. The van der Waals surface area contributed by atoms with Crippen LogP contribution in [0.2, 0.25) is 0 Å². The highest BCUT2D eigenvalue weighted by molar-refractivity contribution is 7.80. The van der Waals surface area contributed by atoms with E-state index in [1.807, 2.05) is 0 Å². The molecule has 1 N–H and O–H groups in total. The van der Waals surface area contributed by atoms with Crippen molar-refractivity contribution < 1.29 is 4.74 Å². The molecule has 0 aromatic heterocycles. The Kier molecular flexibility index (Phi) is 3.46. The van der Waals surface area contributed by atoms with E-state index >= 15 is 0 Å². The van der Waals surface area contributed by atoms with E-state index in [9.17, 15) is 0 Å². The molecule has 0 aromatic carbocycles. The summed E-state index contributed by atoms with van der Waals surface area (Å²) < 4.78 is 5.77. The molecule has 2 rings (SSSR count). The molecule has 4 heteroatoms. The number of fused-ring (bicyclic) bond motifs is 2. The van der Waals surface area contributed by atoms with Crippen molar-refractivity contribution in [1.82, 2.24) is 10.2 Å². The van der Waals surface area contributed by atoms with Crippen LogP contribution >= 0.6 is 12.2 Å². The summed E-state index contributed by atoms with van der Waals surface area (Å²) in [5.41, 5.74) is 0. The molecule has 2 bridgehead atoms. The van der Waals surface area contributed by atoms with Gasteiger partial charge in [0.25, 0.3) is 0 Å². The van der Waals surface area contributed by atoms with Gasteiger partial charge in [-0.25, -0.2) is 0 Å². The van der Waals surface area contributed by atoms with Gasteiger partial charge in [0, 0.05) is 19.6 Å². The van der Waals surface area contributed by atoms with Crippen LogP contribution in [0.15, 0.2) is 0 Å². The molecule has 0 spiro atoms. The fourth-order valence-electron chi connectivity index (χ4n) is 2.18. The first kappa shape index (κ1) is 11.1. The second-order valence-electron chi connectivity index (χ2n) is 4.94. The molecule has 0 radical (unpaired) electrons. The molecule has 0 amide bonds. The zero-order valence-corrected chi connectivity index (χ0v) is 10.3. The van der Waals surface area contributed by atoms with Crippen LogP contribution in [0.1, 0.15) is 26.7 Å². The first-order chi connectivity index (χ1) is 7.15. The molecule has 0 aromatic rings. The zero-order valence-electron chi connectivity index (χ0n) is 9.53. The van der Waals surface area contributed by atoms with E-state index in [-0.39, 0.29) is 0 Å². The lowest BCUT2D eigenvalue weighted by atomic mass is 10.2. The van der Waals surface area contributed by atoms with Gasteiger partial charge in [0.2, 0.25) is 0 Å². The van der Waals surface area contributed by atoms with Gasteiger partial charge in [-0.05, 0) is 31.0 Å². The average Bonchev–Trinajstić information content (AvgIpc) is 2.54. The molecular weight excluding hydrogens is 208 g/mol. The highest BCUT2D eigenvalue weighted by Gasteiger charge is 2.34. The Morgan fingerprint density at radius 3 is 2.53 bits per heavy atom. The number of thiocarbonyl (C=S) groups is 1. The Balaban J connectivity index is 1.81. The van der Waals surface area contributed by atoms with Gasteiger partial charge >= 0.3 is 0 Å². The lowest BCUT2D eigenvalue weighted by molar-refractivity contribution is -0.0159. The number of hydrogen-bond donors (Lipinski definition) is 1. The standard InChI is InChI=1S/C11H20N2OS/c1-8(2)5-12-11(15)13-6-9-3-4-10(7-13)14-9/h8-10H,3-7H2,1-2H3,(H,12,15). The van der Waals surface area contributed by atoms with Gasteiger partial charge in [-0.2, -0.15) is 0 Å². The predicted octanol–water partition coefficient (Wildman–Crippen LogP) is 1.38. The van der Waals surface area contributed by atoms with Crippen LogP contribution in [-0.2, 0) is 4.74 Å². The molecule has 15 heavy (non-hydrogen) atoms. The second-order valence-corrected chi connectivity index (χ2v) is 5.33. The number of nitrogens with zero attached hydrogens (tertiary/aromatic N) is 1. The number of rotatable bonds is 2. The van der Waals surface area contributed by atoms with E-state index < -0.39 is 0 Å². The quantitative estimate of drug-likeness (QED) is 0.722. The second kappa shape index (κ2) is 4.66. The number of morpholine rings is 1. The molecule has 2 aliphatic heterocycles. The molecule has 2 aliphatic rings. The van der Waals surface area contributed by atoms with Crippen molar-refractivity contribution in [3.05, 3.63) is 0 Å². The molecule has 2 fully saturated rings. The maximum atomic E-state index is 5.77. The summed E-state index contributed by atoms with van der Waals surface area (Å²) in [5, 5.41) is 4.23. The summed E-state index contributed by atoms with van der Waals surface area (Å²) in [6, 6.07) is 0. The Bertz CT molecular complexity index is 233. The Morgan fingerprint density at radius 1 is 1.40 bits per heavy atom. The van der Waals surface area contributed by atoms with Crippen LogP contribution in [0, 0.1) is 5.92 Å². The molecule has 2 atom stereocenters. The van der Waals surface area contributed by atoms with Crippen molar-refractivity contribution >= 4 is 17.3 Å². The molecular formula is C11H20N2OS. The van der Waals surface area contributed by atoms with Gasteiger partial charge in [0.1, 0.15) is 0 Å². The van der Waals surface area contributed by atoms with Crippen molar-refractivity contribution in [2.45, 2.75) is 38.9 Å². The van der Waals surface area contributed by atoms with Crippen LogP contribution in [0.5, 0.6) is 0 Å². The number of hydrogen-bond acceptors (Lipinski definition) is 2. The minimum atomic E-state index is 0.419. The van der Waals surface area contributed by atoms with Gasteiger partial charge in [0.05, 0.1) is 12.2 Å². The van der Waals surface area contributed by atoms with E-state index in [2.05, 4.69) is 24.1 Å². The zero-order chi connectivity index (χ0) is 10.8. The highest BCUT2D eigenvalue weighted by Crippen LogP contribution is 2.26. The van der Waals surface area contributed by atoms with E-state index in [4.69, 9.17) is 17.0 Å². The largest absolute Gasteiger partial charge is 0.371 e. The molecule has 2 unspecified atom stereocenters. The van der Waals surface area contributed by atoms with Crippen molar-refractivity contribution in [3.63, 3.8) is 0 Å². The minimum absolute atomic E-state index is 0.419. The van der Waals surface area contributed by atoms with E-state index in [0.29, 0.717) is 18.1 Å². The molecule has 2 heterocycles. The van der Waals surface area contributed by atoms with Crippen LogP contribution in [0.25, 0.3) is 0 Å². The normalized spacial score (nSPS) is 29.7. The predicted molar refractivity (Wildman–Crippen MR) is 64.9 cm³/mol. The number of nitrogens with one attached hydrogen (secondary N) is 1. The third-order valence-corrected chi connectivity index (χ3v) is 3.39. The van der Waals surface area contributed by atoms with Gasteiger partial charge in [-0.3, -0.25) is 0 Å². The minimum Gasteiger partial charge on any atom is -0.371 e. The Morgan fingerprint density at radius 2 is 2.00 bits per heavy atom. The maximum absolute atomic E-state index is 5.77. The van der Waals surface area contributed by atoms with E-state index in [0.717, 1.165) is 24.7 Å². The molecule has 0 aliphatic carbocycles. The van der Waals surface area contributed by atoms with Crippen molar-refractivity contribution in [2.24, 2.45) is 5.92 Å². The Hall–Kier alpha value is -0.350. The van der Waals surface area contributed by atoms with Crippen LogP contribution in [0.4, 0.5) is 0 Å². The maximum Gasteiger partial charge on any atom is 0.169 e. The smallest absolute Gasteiger partial charge is 0.169 e. The number of ether oxygens (including phenoxy) is 1. The summed E-state index contributed by atoms with van der Waals surface area (Å²) in [6.45, 7) is 7.30. The Labute approximate surface area is 97.2 Å². The highest BCUT2D eigenvalue weighted by atomic mass is 32.1. The van der Waals surface area contributed by atoms with E-state index in [1.54, 1.807) is 0 Å². The first-order valence-corrected chi connectivity index (χ1v) is 6.24. The van der Waals surface area contributed by atoms with Gasteiger partial charge in [0.15, 0.2) is 5.11 Å². The van der Waals surface area contributed by atoms with Crippen LogP contribution < -0.4 is 5.32 Å². The molecule has 3 nitrogen and oxygen atoms in total. The third kappa shape index (κ3) is 2.82. The third-order valence-electron chi connectivity index (χ3n) is 2.99. The van der Waals surface area contributed by atoms with E-state index in [1.165, 1.54) is 12.8 Å². The lowest BCUT2D eigenvalue weighted by Gasteiger charge is -2.34. The van der Waals surface area contributed by atoms with Crippen LogP contribution in [0.3, 0.4) is 0 Å². The molecule has 86 valence electrons. The van der Waals surface area contributed by atoms with Gasteiger partial charge in [-0.15, -0.1) is 0 Å². The topological polar surface area (TPSA) is 24.5 Å². The SMILES string of the molecule is CC(C)CNC(=S)N1CC2CCC(C1)O2. The van der Waals surface area contributed by atoms with Crippen molar-refractivity contribution in [2.75, 3.05) is 19.6 Å². The fraction of sp³-hybridized carbons (Fsp3) is 0.909. The van der Waals surface area contributed by atoms with Crippen LogP contribution in [-0.4, -0.2) is 41.9 Å². The summed E-state index contributed by atoms with van der Waals surface area (Å²) in [5.74, 6) is 0.640. The van der Waals surface area contributed by atoms with Gasteiger partial charge < -0.3 is 15.0 Å². The molecule has 2 saturated heterocycles. The monoisotopic (exact) mass is 228 g/mol. The lowest BCUT2D eigenvalue weighted by Crippen LogP contribution is -2.50. The summed E-state index contributed by atoms with van der Waals surface area (Å²) >= 11 is 5.39.